The lowest BCUT2D eigenvalue weighted by Crippen LogP contribution is -2.51. The van der Waals surface area contributed by atoms with E-state index in [-0.39, 0.29) is 11.8 Å². The molecule has 15 heavy (non-hydrogen) atoms. The van der Waals surface area contributed by atoms with Crippen molar-refractivity contribution in [2.24, 2.45) is 17.8 Å². The molecule has 1 aliphatic heterocycles. The molecule has 2 aliphatic rings. The zero-order chi connectivity index (χ0) is 10.8. The quantitative estimate of drug-likeness (QED) is 0.733. The van der Waals surface area contributed by atoms with Gasteiger partial charge in [-0.25, -0.2) is 0 Å². The van der Waals surface area contributed by atoms with Crippen LogP contribution in [0.3, 0.4) is 0 Å². The number of amides is 1. The highest BCUT2D eigenvalue weighted by atomic mass is 16.1. The number of hydrogen-bond donors (Lipinski definition) is 2. The van der Waals surface area contributed by atoms with Crippen LogP contribution in [0.2, 0.25) is 0 Å². The third-order valence-electron chi connectivity index (χ3n) is 4.12. The van der Waals surface area contributed by atoms with E-state index in [4.69, 9.17) is 0 Å². The predicted octanol–water partition coefficient (Wildman–Crippen LogP) is 1.15. The van der Waals surface area contributed by atoms with Gasteiger partial charge >= 0.3 is 0 Å². The summed E-state index contributed by atoms with van der Waals surface area (Å²) in [5.41, 5.74) is 0. The van der Waals surface area contributed by atoms with Gasteiger partial charge in [0, 0.05) is 12.0 Å². The molecule has 1 amide bonds. The van der Waals surface area contributed by atoms with E-state index < -0.39 is 0 Å². The van der Waals surface area contributed by atoms with Gasteiger partial charge < -0.3 is 10.6 Å². The monoisotopic (exact) mass is 210 g/mol. The van der Waals surface area contributed by atoms with Gasteiger partial charge in [-0.05, 0) is 37.8 Å². The summed E-state index contributed by atoms with van der Waals surface area (Å²) in [5.74, 6) is 1.67. The Labute approximate surface area is 92.0 Å². The molecule has 1 saturated carbocycles. The zero-order valence-corrected chi connectivity index (χ0v) is 9.75. The van der Waals surface area contributed by atoms with Gasteiger partial charge in [0.25, 0.3) is 0 Å². The molecule has 0 aromatic carbocycles. The minimum atomic E-state index is 0.180. The second kappa shape index (κ2) is 4.52. The molecular weight excluding hydrogens is 188 g/mol. The van der Waals surface area contributed by atoms with Crippen LogP contribution in [0.1, 0.15) is 33.1 Å². The summed E-state index contributed by atoms with van der Waals surface area (Å²) >= 11 is 0. The summed E-state index contributed by atoms with van der Waals surface area (Å²) in [7, 11) is 0. The first-order valence-corrected chi connectivity index (χ1v) is 6.19. The molecule has 0 aromatic rings. The number of carbonyl (C=O) groups excluding carboxylic acids is 1. The van der Waals surface area contributed by atoms with Crippen molar-refractivity contribution < 1.29 is 4.79 Å². The summed E-state index contributed by atoms with van der Waals surface area (Å²) in [6, 6.07) is 0.438. The number of nitrogens with one attached hydrogen (secondary N) is 2. The molecule has 2 fully saturated rings. The Morgan fingerprint density at radius 2 is 2.13 bits per heavy atom. The average Bonchev–Trinajstić information content (AvgIpc) is 2.49. The van der Waals surface area contributed by atoms with Crippen LogP contribution >= 0.6 is 0 Å². The molecule has 1 saturated heterocycles. The SMILES string of the molecule is CC1CCCC1NC(=O)C(C)C1CNC1. The largest absolute Gasteiger partial charge is 0.353 e. The van der Waals surface area contributed by atoms with Crippen LogP contribution in [0.25, 0.3) is 0 Å². The van der Waals surface area contributed by atoms with Gasteiger partial charge in [0.1, 0.15) is 0 Å². The van der Waals surface area contributed by atoms with Gasteiger partial charge in [-0.3, -0.25) is 4.79 Å². The van der Waals surface area contributed by atoms with Crippen molar-refractivity contribution in [3.63, 3.8) is 0 Å². The maximum Gasteiger partial charge on any atom is 0.223 e. The molecule has 0 spiro atoms. The lowest BCUT2D eigenvalue weighted by Gasteiger charge is -2.32. The molecule has 3 heteroatoms. The van der Waals surface area contributed by atoms with Crippen molar-refractivity contribution in [2.45, 2.75) is 39.2 Å². The van der Waals surface area contributed by atoms with Gasteiger partial charge in [-0.15, -0.1) is 0 Å². The van der Waals surface area contributed by atoms with E-state index in [0.717, 1.165) is 13.1 Å². The first-order chi connectivity index (χ1) is 7.18. The topological polar surface area (TPSA) is 41.1 Å². The van der Waals surface area contributed by atoms with Crippen LogP contribution in [0.5, 0.6) is 0 Å². The lowest BCUT2D eigenvalue weighted by molar-refractivity contribution is -0.127. The highest BCUT2D eigenvalue weighted by molar-refractivity contribution is 5.79. The Kier molecular flexibility index (Phi) is 3.29. The van der Waals surface area contributed by atoms with Gasteiger partial charge in [0.15, 0.2) is 0 Å². The smallest absolute Gasteiger partial charge is 0.223 e. The molecule has 3 unspecified atom stereocenters. The molecule has 0 radical (unpaired) electrons. The first kappa shape index (κ1) is 10.9. The third kappa shape index (κ3) is 2.33. The Morgan fingerprint density at radius 1 is 1.40 bits per heavy atom. The van der Waals surface area contributed by atoms with E-state index in [1.54, 1.807) is 0 Å². The van der Waals surface area contributed by atoms with Gasteiger partial charge in [0.05, 0.1) is 0 Å². The first-order valence-electron chi connectivity index (χ1n) is 6.19. The highest BCUT2D eigenvalue weighted by Gasteiger charge is 2.31. The van der Waals surface area contributed by atoms with Crippen LogP contribution in [0.15, 0.2) is 0 Å². The van der Waals surface area contributed by atoms with E-state index in [2.05, 4.69) is 24.5 Å². The normalized spacial score (nSPS) is 33.5. The molecular formula is C12H22N2O. The van der Waals surface area contributed by atoms with E-state index >= 15 is 0 Å². The molecule has 2 rings (SSSR count). The second-order valence-electron chi connectivity index (χ2n) is 5.23. The maximum atomic E-state index is 11.9. The van der Waals surface area contributed by atoms with Crippen molar-refractivity contribution in [3.8, 4) is 0 Å². The minimum Gasteiger partial charge on any atom is -0.353 e. The summed E-state index contributed by atoms with van der Waals surface area (Å²) in [6.07, 6.45) is 3.71. The van der Waals surface area contributed by atoms with Gasteiger partial charge in [-0.1, -0.05) is 20.3 Å². The van der Waals surface area contributed by atoms with E-state index in [1.165, 1.54) is 19.3 Å². The van der Waals surface area contributed by atoms with Crippen LogP contribution in [0.4, 0.5) is 0 Å². The molecule has 0 bridgehead atoms. The summed E-state index contributed by atoms with van der Waals surface area (Å²) in [6.45, 7) is 6.32. The second-order valence-corrected chi connectivity index (χ2v) is 5.23. The standard InChI is InChI=1S/C12H22N2O/c1-8-4-3-5-11(8)14-12(15)9(2)10-6-13-7-10/h8-11,13H,3-7H2,1-2H3,(H,14,15). The summed E-state index contributed by atoms with van der Waals surface area (Å²) < 4.78 is 0. The van der Waals surface area contributed by atoms with Crippen LogP contribution in [-0.4, -0.2) is 25.0 Å². The fourth-order valence-electron chi connectivity index (χ4n) is 2.55. The minimum absolute atomic E-state index is 0.180. The number of rotatable bonds is 3. The molecule has 1 aliphatic carbocycles. The van der Waals surface area contributed by atoms with Gasteiger partial charge in [0.2, 0.25) is 5.91 Å². The molecule has 3 nitrogen and oxygen atoms in total. The van der Waals surface area contributed by atoms with Crippen molar-refractivity contribution >= 4 is 5.91 Å². The fourth-order valence-corrected chi connectivity index (χ4v) is 2.55. The Morgan fingerprint density at radius 3 is 2.60 bits per heavy atom. The Bertz CT molecular complexity index is 238. The average molecular weight is 210 g/mol. The molecule has 3 atom stereocenters. The Hall–Kier alpha value is -0.570. The third-order valence-corrected chi connectivity index (χ3v) is 4.12. The fraction of sp³-hybridized carbons (Fsp3) is 0.917. The van der Waals surface area contributed by atoms with Gasteiger partial charge in [-0.2, -0.15) is 0 Å². The maximum absolute atomic E-state index is 11.9. The van der Waals surface area contributed by atoms with Crippen LogP contribution in [-0.2, 0) is 4.79 Å². The van der Waals surface area contributed by atoms with E-state index in [0.29, 0.717) is 17.9 Å². The van der Waals surface area contributed by atoms with E-state index in [1.807, 2.05) is 0 Å². The van der Waals surface area contributed by atoms with Crippen molar-refractivity contribution in [2.75, 3.05) is 13.1 Å². The molecule has 1 heterocycles. The van der Waals surface area contributed by atoms with Crippen molar-refractivity contribution in [3.05, 3.63) is 0 Å². The van der Waals surface area contributed by atoms with Crippen molar-refractivity contribution in [1.82, 2.24) is 10.6 Å². The Balaban J connectivity index is 1.80. The summed E-state index contributed by atoms with van der Waals surface area (Å²) in [4.78, 5) is 11.9. The number of carbonyl (C=O) groups is 1. The predicted molar refractivity (Wildman–Crippen MR) is 60.5 cm³/mol. The summed E-state index contributed by atoms with van der Waals surface area (Å²) in [5, 5.41) is 6.43. The van der Waals surface area contributed by atoms with Crippen LogP contribution < -0.4 is 10.6 Å². The highest BCUT2D eigenvalue weighted by Crippen LogP contribution is 2.25. The molecule has 0 aromatic heterocycles. The molecule has 2 N–H and O–H groups in total. The van der Waals surface area contributed by atoms with Crippen molar-refractivity contribution in [1.29, 1.82) is 0 Å². The molecule has 86 valence electrons. The zero-order valence-electron chi connectivity index (χ0n) is 9.75. The lowest BCUT2D eigenvalue weighted by atomic mass is 9.88. The van der Waals surface area contributed by atoms with E-state index in [9.17, 15) is 4.79 Å². The number of hydrogen-bond acceptors (Lipinski definition) is 2. The van der Waals surface area contributed by atoms with Crippen LogP contribution in [0, 0.1) is 17.8 Å².